The van der Waals surface area contributed by atoms with Gasteiger partial charge in [-0.05, 0) is 40.0 Å². The van der Waals surface area contributed by atoms with E-state index in [-0.39, 0.29) is 6.09 Å². The van der Waals surface area contributed by atoms with Crippen molar-refractivity contribution in [2.24, 2.45) is 0 Å². The van der Waals surface area contributed by atoms with Gasteiger partial charge >= 0.3 is 6.09 Å². The molecule has 0 atom stereocenters. The van der Waals surface area contributed by atoms with Crippen molar-refractivity contribution in [2.45, 2.75) is 52.1 Å². The Balaban J connectivity index is 2.52. The van der Waals surface area contributed by atoms with Gasteiger partial charge in [0.1, 0.15) is 5.60 Å². The molecule has 0 fully saturated rings. The molecule has 0 bridgehead atoms. The third-order valence-corrected chi connectivity index (χ3v) is 2.18. The van der Waals surface area contributed by atoms with Crippen molar-refractivity contribution >= 4 is 6.09 Å². The van der Waals surface area contributed by atoms with Crippen LogP contribution in [0.25, 0.3) is 0 Å². The predicted molar refractivity (Wildman–Crippen MR) is 60.5 cm³/mol. The minimum Gasteiger partial charge on any atom is -0.443 e. The zero-order valence-electron chi connectivity index (χ0n) is 9.95. The maximum atomic E-state index is 11.7. The van der Waals surface area contributed by atoms with Gasteiger partial charge in [-0.15, -0.1) is 0 Å². The molecule has 1 heterocycles. The lowest BCUT2D eigenvalue weighted by Crippen LogP contribution is -2.34. The number of allylic oxidation sites excluding steroid dienone is 1. The van der Waals surface area contributed by atoms with Crippen LogP contribution in [0, 0.1) is 0 Å². The van der Waals surface area contributed by atoms with E-state index in [2.05, 4.69) is 0 Å². The molecule has 0 aromatic carbocycles. The maximum absolute atomic E-state index is 11.7. The van der Waals surface area contributed by atoms with E-state index in [0.717, 1.165) is 19.4 Å². The van der Waals surface area contributed by atoms with Gasteiger partial charge in [-0.2, -0.15) is 0 Å². The van der Waals surface area contributed by atoms with Crippen molar-refractivity contribution < 1.29 is 9.53 Å². The first-order chi connectivity index (χ1) is 6.99. The fourth-order valence-corrected chi connectivity index (χ4v) is 1.47. The van der Waals surface area contributed by atoms with E-state index in [1.54, 1.807) is 4.90 Å². The molecule has 1 amide bonds. The molecule has 0 aromatic rings. The van der Waals surface area contributed by atoms with Gasteiger partial charge in [0.2, 0.25) is 0 Å². The number of carbonyl (C=O) groups is 1. The van der Waals surface area contributed by atoms with Gasteiger partial charge in [-0.3, -0.25) is 4.90 Å². The Bertz CT molecular complexity index is 240. The zero-order valence-corrected chi connectivity index (χ0v) is 9.95. The first-order valence-corrected chi connectivity index (χ1v) is 5.65. The lowest BCUT2D eigenvalue weighted by atomic mass is 10.1. The SMILES string of the molecule is CC(C)(C)OC(=O)N1C=CCCCCC1. The standard InChI is InChI=1S/C12H21NO2/c1-12(2,3)15-11(14)13-9-7-5-4-6-8-10-13/h7,9H,4-6,8,10H2,1-3H3. The molecule has 1 aliphatic rings. The molecule has 0 radical (unpaired) electrons. The fraction of sp³-hybridized carbons (Fsp3) is 0.750. The summed E-state index contributed by atoms with van der Waals surface area (Å²) in [5.41, 5.74) is -0.409. The van der Waals surface area contributed by atoms with E-state index < -0.39 is 5.60 Å². The Morgan fingerprint density at radius 1 is 1.27 bits per heavy atom. The quantitative estimate of drug-likeness (QED) is 0.615. The summed E-state index contributed by atoms with van der Waals surface area (Å²) in [7, 11) is 0. The van der Waals surface area contributed by atoms with Gasteiger partial charge in [-0.1, -0.05) is 12.5 Å². The van der Waals surface area contributed by atoms with Gasteiger partial charge in [0.05, 0.1) is 0 Å². The third kappa shape index (κ3) is 4.86. The highest BCUT2D eigenvalue weighted by atomic mass is 16.6. The lowest BCUT2D eigenvalue weighted by Gasteiger charge is -2.25. The van der Waals surface area contributed by atoms with Crippen LogP contribution in [0.15, 0.2) is 12.3 Å². The fourth-order valence-electron chi connectivity index (χ4n) is 1.47. The topological polar surface area (TPSA) is 29.5 Å². The van der Waals surface area contributed by atoms with Gasteiger partial charge in [0.25, 0.3) is 0 Å². The highest BCUT2D eigenvalue weighted by Crippen LogP contribution is 2.13. The average Bonchev–Trinajstić information content (AvgIpc) is 1.98. The Morgan fingerprint density at radius 3 is 2.67 bits per heavy atom. The van der Waals surface area contributed by atoms with E-state index >= 15 is 0 Å². The molecule has 1 rings (SSSR count). The van der Waals surface area contributed by atoms with Crippen LogP contribution in [-0.2, 0) is 4.74 Å². The first-order valence-electron chi connectivity index (χ1n) is 5.65. The molecule has 3 heteroatoms. The van der Waals surface area contributed by atoms with Crippen LogP contribution in [0.1, 0.15) is 46.5 Å². The van der Waals surface area contributed by atoms with Crippen molar-refractivity contribution in [1.29, 1.82) is 0 Å². The summed E-state index contributed by atoms with van der Waals surface area (Å²) in [5, 5.41) is 0. The molecule has 3 nitrogen and oxygen atoms in total. The first kappa shape index (κ1) is 12.1. The smallest absolute Gasteiger partial charge is 0.414 e. The number of hydrogen-bond donors (Lipinski definition) is 0. The zero-order chi connectivity index (χ0) is 11.3. The van der Waals surface area contributed by atoms with Crippen LogP contribution in [0.2, 0.25) is 0 Å². The van der Waals surface area contributed by atoms with Crippen LogP contribution in [0.5, 0.6) is 0 Å². The number of rotatable bonds is 0. The van der Waals surface area contributed by atoms with Crippen molar-refractivity contribution in [3.63, 3.8) is 0 Å². The van der Waals surface area contributed by atoms with Crippen molar-refractivity contribution in [3.8, 4) is 0 Å². The average molecular weight is 211 g/mol. The van der Waals surface area contributed by atoms with Crippen LogP contribution in [-0.4, -0.2) is 23.1 Å². The Morgan fingerprint density at radius 2 is 2.00 bits per heavy atom. The maximum Gasteiger partial charge on any atom is 0.414 e. The van der Waals surface area contributed by atoms with Crippen molar-refractivity contribution in [1.82, 2.24) is 4.90 Å². The molecule has 0 aromatic heterocycles. The summed E-state index contributed by atoms with van der Waals surface area (Å²) >= 11 is 0. The largest absolute Gasteiger partial charge is 0.443 e. The summed E-state index contributed by atoms with van der Waals surface area (Å²) in [6.45, 7) is 6.43. The molecule has 86 valence electrons. The van der Waals surface area contributed by atoms with E-state index in [1.807, 2.05) is 33.0 Å². The molecule has 0 N–H and O–H groups in total. The molecule has 0 unspecified atom stereocenters. The molecule has 1 aliphatic heterocycles. The molecule has 15 heavy (non-hydrogen) atoms. The molecule has 0 saturated heterocycles. The number of amides is 1. The summed E-state index contributed by atoms with van der Waals surface area (Å²) in [6.07, 6.45) is 8.18. The van der Waals surface area contributed by atoms with Crippen LogP contribution >= 0.6 is 0 Å². The van der Waals surface area contributed by atoms with Gasteiger partial charge in [0.15, 0.2) is 0 Å². The predicted octanol–water partition coefficient (Wildman–Crippen LogP) is 3.31. The molecular weight excluding hydrogens is 190 g/mol. The van der Waals surface area contributed by atoms with Gasteiger partial charge < -0.3 is 4.74 Å². The summed E-state index contributed by atoms with van der Waals surface area (Å²) in [6, 6.07) is 0. The second-order valence-electron chi connectivity index (χ2n) is 4.91. The van der Waals surface area contributed by atoms with Crippen LogP contribution < -0.4 is 0 Å². The Labute approximate surface area is 92.1 Å². The minimum atomic E-state index is -0.409. The van der Waals surface area contributed by atoms with Crippen molar-refractivity contribution in [3.05, 3.63) is 12.3 Å². The number of ether oxygens (including phenoxy) is 1. The molecular formula is C12H21NO2. The van der Waals surface area contributed by atoms with Crippen LogP contribution in [0.3, 0.4) is 0 Å². The molecule has 0 aliphatic carbocycles. The monoisotopic (exact) mass is 211 g/mol. The number of nitrogens with zero attached hydrogens (tertiary/aromatic N) is 1. The highest BCUT2D eigenvalue weighted by Gasteiger charge is 2.20. The lowest BCUT2D eigenvalue weighted by molar-refractivity contribution is 0.0330. The van der Waals surface area contributed by atoms with E-state index in [1.165, 1.54) is 12.8 Å². The normalized spacial score (nSPS) is 18.2. The van der Waals surface area contributed by atoms with E-state index in [9.17, 15) is 4.79 Å². The Kier molecular flexibility index (Phi) is 4.18. The molecule has 0 spiro atoms. The summed E-state index contributed by atoms with van der Waals surface area (Å²) in [4.78, 5) is 13.4. The Hall–Kier alpha value is -0.990. The van der Waals surface area contributed by atoms with E-state index in [0.29, 0.717) is 0 Å². The summed E-state index contributed by atoms with van der Waals surface area (Å²) in [5.74, 6) is 0. The van der Waals surface area contributed by atoms with Crippen molar-refractivity contribution in [2.75, 3.05) is 6.54 Å². The highest BCUT2D eigenvalue weighted by molar-refractivity contribution is 5.69. The van der Waals surface area contributed by atoms with Gasteiger partial charge in [-0.25, -0.2) is 4.79 Å². The molecule has 0 saturated carbocycles. The minimum absolute atomic E-state index is 0.236. The second kappa shape index (κ2) is 5.19. The van der Waals surface area contributed by atoms with E-state index in [4.69, 9.17) is 4.74 Å². The number of hydrogen-bond acceptors (Lipinski definition) is 2. The number of carbonyl (C=O) groups excluding carboxylic acids is 1. The second-order valence-corrected chi connectivity index (χ2v) is 4.91. The van der Waals surface area contributed by atoms with Gasteiger partial charge in [0, 0.05) is 12.7 Å². The van der Waals surface area contributed by atoms with Crippen LogP contribution in [0.4, 0.5) is 4.79 Å². The third-order valence-electron chi connectivity index (χ3n) is 2.18. The summed E-state index contributed by atoms with van der Waals surface area (Å²) < 4.78 is 5.31.